The molecule has 1 aromatic carbocycles. The minimum absolute atomic E-state index is 0.0749. The van der Waals surface area contributed by atoms with Crippen LogP contribution in [0.1, 0.15) is 25.5 Å². The van der Waals surface area contributed by atoms with Gasteiger partial charge in [0.1, 0.15) is 5.76 Å². The molecule has 0 saturated carbocycles. The lowest BCUT2D eigenvalue weighted by molar-refractivity contribution is -0.133. The van der Waals surface area contributed by atoms with Crippen molar-refractivity contribution in [2.75, 3.05) is 18.4 Å². The zero-order chi connectivity index (χ0) is 19.4. The Morgan fingerprint density at radius 1 is 1.33 bits per heavy atom. The number of anilines is 1. The number of carbonyl (C=O) groups excluding carboxylic acids is 2. The average Bonchev–Trinajstić information content (AvgIpc) is 3.07. The third-order valence-electron chi connectivity index (χ3n) is 4.54. The van der Waals surface area contributed by atoms with Crippen molar-refractivity contribution < 1.29 is 14.1 Å². The molecule has 1 saturated heterocycles. The normalized spacial score (nSPS) is 16.2. The van der Waals surface area contributed by atoms with Gasteiger partial charge < -0.3 is 14.7 Å². The number of rotatable bonds is 5. The number of nitrogens with one attached hydrogen (secondary N) is 1. The fourth-order valence-electron chi connectivity index (χ4n) is 3.05. The summed E-state index contributed by atoms with van der Waals surface area (Å²) in [6.45, 7) is 4.81. The van der Waals surface area contributed by atoms with Crippen molar-refractivity contribution in [1.82, 2.24) is 10.1 Å². The molecule has 1 aliphatic rings. The van der Waals surface area contributed by atoms with Gasteiger partial charge in [0, 0.05) is 30.0 Å². The molecule has 0 aliphatic carbocycles. The maximum atomic E-state index is 12.7. The molecule has 6 nitrogen and oxygen atoms in total. The van der Waals surface area contributed by atoms with E-state index in [1.165, 1.54) is 11.8 Å². The van der Waals surface area contributed by atoms with E-state index >= 15 is 0 Å². The highest BCUT2D eigenvalue weighted by molar-refractivity contribution is 8.00. The quantitative estimate of drug-likeness (QED) is 0.758. The predicted octanol–water partition coefficient (Wildman–Crippen LogP) is 3.99. The Hall–Kier alpha value is -1.99. The van der Waals surface area contributed by atoms with Crippen LogP contribution in [-0.4, -0.2) is 40.2 Å². The van der Waals surface area contributed by atoms with Gasteiger partial charge in [0.05, 0.1) is 10.3 Å². The topological polar surface area (TPSA) is 75.4 Å². The molecular formula is C19H22ClN3O3S. The number of amides is 2. The maximum absolute atomic E-state index is 12.7. The summed E-state index contributed by atoms with van der Waals surface area (Å²) in [5, 5.41) is 6.98. The van der Waals surface area contributed by atoms with Crippen molar-refractivity contribution in [3.8, 4) is 0 Å². The number of nitrogens with zero attached hydrogens (tertiary/aromatic N) is 2. The summed E-state index contributed by atoms with van der Waals surface area (Å²) < 4.78 is 4.96. The summed E-state index contributed by atoms with van der Waals surface area (Å²) in [7, 11) is 0. The number of hydrogen-bond acceptors (Lipinski definition) is 5. The van der Waals surface area contributed by atoms with Gasteiger partial charge in [-0.25, -0.2) is 0 Å². The van der Waals surface area contributed by atoms with E-state index < -0.39 is 0 Å². The molecule has 2 aromatic rings. The monoisotopic (exact) mass is 407 g/mol. The second-order valence-electron chi connectivity index (χ2n) is 6.60. The van der Waals surface area contributed by atoms with E-state index in [4.69, 9.17) is 16.1 Å². The Balaban J connectivity index is 1.50. The van der Waals surface area contributed by atoms with Crippen LogP contribution in [0.2, 0.25) is 5.02 Å². The van der Waals surface area contributed by atoms with Crippen molar-refractivity contribution in [3.05, 3.63) is 41.1 Å². The molecule has 2 heterocycles. The fraction of sp³-hybridized carbons (Fsp3) is 0.421. The lowest BCUT2D eigenvalue weighted by Gasteiger charge is -2.32. The van der Waals surface area contributed by atoms with E-state index in [1.54, 1.807) is 13.0 Å². The highest BCUT2D eigenvalue weighted by atomic mass is 35.5. The molecule has 3 rings (SSSR count). The minimum Gasteiger partial charge on any atom is -0.360 e. The van der Waals surface area contributed by atoms with Gasteiger partial charge in [-0.1, -0.05) is 28.9 Å². The van der Waals surface area contributed by atoms with Gasteiger partial charge in [0.25, 0.3) is 0 Å². The molecule has 1 aromatic heterocycles. The summed E-state index contributed by atoms with van der Waals surface area (Å²) in [5.74, 6) is 0.953. The number of carbonyl (C=O) groups is 2. The third-order valence-corrected chi connectivity index (χ3v) is 6.15. The second-order valence-corrected chi connectivity index (χ2v) is 8.39. The number of aromatic nitrogens is 1. The lowest BCUT2D eigenvalue weighted by Crippen LogP contribution is -2.44. The molecule has 0 bridgehead atoms. The molecule has 0 radical (unpaired) electrons. The fourth-order valence-corrected chi connectivity index (χ4v) is 4.29. The minimum atomic E-state index is -0.228. The van der Waals surface area contributed by atoms with Gasteiger partial charge in [-0.2, -0.15) is 0 Å². The van der Waals surface area contributed by atoms with Crippen LogP contribution in [0.5, 0.6) is 0 Å². The molecule has 8 heteroatoms. The van der Waals surface area contributed by atoms with Crippen molar-refractivity contribution in [2.45, 2.75) is 36.8 Å². The Labute approximate surface area is 167 Å². The highest BCUT2D eigenvalue weighted by Gasteiger charge is 2.30. The Kier molecular flexibility index (Phi) is 6.44. The van der Waals surface area contributed by atoms with Crippen LogP contribution in [0.3, 0.4) is 0 Å². The number of aryl methyl sites for hydroxylation is 1. The van der Waals surface area contributed by atoms with Crippen molar-refractivity contribution in [3.63, 3.8) is 0 Å². The van der Waals surface area contributed by atoms with Crippen LogP contribution in [-0.2, 0) is 9.59 Å². The van der Waals surface area contributed by atoms with Crippen LogP contribution < -0.4 is 5.32 Å². The van der Waals surface area contributed by atoms with Gasteiger partial charge in [0.2, 0.25) is 11.8 Å². The van der Waals surface area contributed by atoms with Crippen LogP contribution >= 0.6 is 23.4 Å². The summed E-state index contributed by atoms with van der Waals surface area (Å²) in [6.07, 6.45) is 1.27. The summed E-state index contributed by atoms with van der Waals surface area (Å²) in [5.41, 5.74) is 0. The SMILES string of the molecule is Cc1cc(NC(=O)C2CCN(C(=O)C(C)Sc3ccccc3Cl)CC2)no1. The van der Waals surface area contributed by atoms with E-state index in [1.807, 2.05) is 36.1 Å². The Morgan fingerprint density at radius 2 is 2.04 bits per heavy atom. The first-order chi connectivity index (χ1) is 12.9. The number of hydrogen-bond donors (Lipinski definition) is 1. The molecule has 1 aliphatic heterocycles. The molecule has 1 fully saturated rings. The standard InChI is InChI=1S/C19H22ClN3O3S/c1-12-11-17(22-26-12)21-18(24)14-7-9-23(10-8-14)19(25)13(2)27-16-6-4-3-5-15(16)20/h3-6,11,13-14H,7-10H2,1-2H3,(H,21,22,24). The summed E-state index contributed by atoms with van der Waals surface area (Å²) in [4.78, 5) is 27.8. The molecule has 1 N–H and O–H groups in total. The van der Waals surface area contributed by atoms with Crippen molar-refractivity contribution in [2.24, 2.45) is 5.92 Å². The largest absolute Gasteiger partial charge is 0.360 e. The van der Waals surface area contributed by atoms with E-state index in [0.717, 1.165) is 4.90 Å². The van der Waals surface area contributed by atoms with Gasteiger partial charge in [-0.05, 0) is 38.8 Å². The number of likely N-dealkylation sites (tertiary alicyclic amines) is 1. The molecular weight excluding hydrogens is 386 g/mol. The molecule has 1 unspecified atom stereocenters. The van der Waals surface area contributed by atoms with Gasteiger partial charge in [-0.15, -0.1) is 11.8 Å². The molecule has 144 valence electrons. The van der Waals surface area contributed by atoms with Crippen LogP contribution in [0.25, 0.3) is 0 Å². The maximum Gasteiger partial charge on any atom is 0.235 e. The molecule has 1 atom stereocenters. The van der Waals surface area contributed by atoms with Gasteiger partial charge >= 0.3 is 0 Å². The average molecular weight is 408 g/mol. The van der Waals surface area contributed by atoms with Crippen LogP contribution in [0, 0.1) is 12.8 Å². The summed E-state index contributed by atoms with van der Waals surface area (Å²) >= 11 is 7.64. The number of piperidine rings is 1. The smallest absolute Gasteiger partial charge is 0.235 e. The predicted molar refractivity (Wildman–Crippen MR) is 106 cm³/mol. The van der Waals surface area contributed by atoms with Gasteiger partial charge in [-0.3, -0.25) is 9.59 Å². The Bertz CT molecular complexity index is 818. The second kappa shape index (κ2) is 8.80. The molecule has 2 amide bonds. The first kappa shape index (κ1) is 19.8. The zero-order valence-corrected chi connectivity index (χ0v) is 16.8. The van der Waals surface area contributed by atoms with Gasteiger partial charge in [0.15, 0.2) is 5.82 Å². The first-order valence-electron chi connectivity index (χ1n) is 8.88. The Morgan fingerprint density at radius 3 is 2.67 bits per heavy atom. The van der Waals surface area contributed by atoms with E-state index in [-0.39, 0.29) is 23.0 Å². The number of benzene rings is 1. The zero-order valence-electron chi connectivity index (χ0n) is 15.3. The van der Waals surface area contributed by atoms with E-state index in [9.17, 15) is 9.59 Å². The van der Waals surface area contributed by atoms with Crippen LogP contribution in [0.4, 0.5) is 5.82 Å². The van der Waals surface area contributed by atoms with Crippen molar-refractivity contribution in [1.29, 1.82) is 0 Å². The number of halogens is 1. The molecule has 27 heavy (non-hydrogen) atoms. The molecule has 0 spiro atoms. The first-order valence-corrected chi connectivity index (χ1v) is 10.1. The van der Waals surface area contributed by atoms with Crippen molar-refractivity contribution >= 4 is 41.0 Å². The lowest BCUT2D eigenvalue weighted by atomic mass is 9.95. The van der Waals surface area contributed by atoms with E-state index in [0.29, 0.717) is 42.5 Å². The third kappa shape index (κ3) is 5.05. The van der Waals surface area contributed by atoms with E-state index in [2.05, 4.69) is 10.5 Å². The van der Waals surface area contributed by atoms with Crippen LogP contribution in [0.15, 0.2) is 39.8 Å². The summed E-state index contributed by atoms with van der Waals surface area (Å²) in [6, 6.07) is 9.20. The number of thioether (sulfide) groups is 1. The highest BCUT2D eigenvalue weighted by Crippen LogP contribution is 2.31.